The fourth-order valence-corrected chi connectivity index (χ4v) is 4.63. The van der Waals surface area contributed by atoms with Gasteiger partial charge in [0.2, 0.25) is 0 Å². The molecule has 1 aromatic carbocycles. The fourth-order valence-electron chi connectivity index (χ4n) is 4.63. The molecule has 0 spiro atoms. The Hall–Kier alpha value is -2.31. The lowest BCUT2D eigenvalue weighted by atomic mass is 9.79. The fraction of sp³-hybridized carbons (Fsp3) is 0.607. The summed E-state index contributed by atoms with van der Waals surface area (Å²) in [6.45, 7) is 18.9. The first kappa shape index (κ1) is 24.8. The van der Waals surface area contributed by atoms with E-state index in [1.54, 1.807) is 0 Å². The number of fused-ring (bicyclic) bond motifs is 1. The first-order valence-corrected chi connectivity index (χ1v) is 12.6. The zero-order chi connectivity index (χ0) is 24.7. The van der Waals surface area contributed by atoms with Crippen molar-refractivity contribution in [1.29, 1.82) is 0 Å². The lowest BCUT2D eigenvalue weighted by Gasteiger charge is -2.43. The molecule has 186 valence electrons. The minimum atomic E-state index is -0.236. The number of nitrogen functional groups attached to an aromatic ring is 1. The van der Waals surface area contributed by atoms with Crippen LogP contribution in [0.25, 0.3) is 0 Å². The van der Waals surface area contributed by atoms with E-state index in [4.69, 9.17) is 15.5 Å². The van der Waals surface area contributed by atoms with Crippen LogP contribution in [0.2, 0.25) is 0 Å². The van der Waals surface area contributed by atoms with Crippen molar-refractivity contribution in [2.24, 2.45) is 5.41 Å². The van der Waals surface area contributed by atoms with Crippen molar-refractivity contribution >= 4 is 17.3 Å². The van der Waals surface area contributed by atoms with Crippen LogP contribution in [0.5, 0.6) is 0 Å². The first-order chi connectivity index (χ1) is 15.9. The SMILES string of the molecule is Cc1ccc2c(c1)CN(c1cc(N3CCN(C)CC3)cc(N)n1)C(COC(C)(C)C(C)(C)C)C2. The number of benzene rings is 1. The summed E-state index contributed by atoms with van der Waals surface area (Å²) in [7, 11) is 2.18. The maximum Gasteiger partial charge on any atom is 0.133 e. The Morgan fingerprint density at radius 2 is 1.71 bits per heavy atom. The van der Waals surface area contributed by atoms with Gasteiger partial charge in [-0.05, 0) is 50.8 Å². The van der Waals surface area contributed by atoms with E-state index in [0.29, 0.717) is 12.4 Å². The van der Waals surface area contributed by atoms with E-state index in [9.17, 15) is 0 Å². The van der Waals surface area contributed by atoms with Gasteiger partial charge in [-0.3, -0.25) is 0 Å². The topological polar surface area (TPSA) is 57.9 Å². The Balaban J connectivity index is 1.65. The highest BCUT2D eigenvalue weighted by Crippen LogP contribution is 2.36. The van der Waals surface area contributed by atoms with Crippen LogP contribution < -0.4 is 15.5 Å². The van der Waals surface area contributed by atoms with Gasteiger partial charge < -0.3 is 25.2 Å². The van der Waals surface area contributed by atoms with Crippen molar-refractivity contribution in [1.82, 2.24) is 9.88 Å². The van der Waals surface area contributed by atoms with Gasteiger partial charge in [0.15, 0.2) is 0 Å². The van der Waals surface area contributed by atoms with Crippen LogP contribution in [0.15, 0.2) is 30.3 Å². The van der Waals surface area contributed by atoms with Gasteiger partial charge in [0.1, 0.15) is 11.6 Å². The lowest BCUT2D eigenvalue weighted by molar-refractivity contribution is -0.0950. The van der Waals surface area contributed by atoms with Crippen LogP contribution in [-0.4, -0.2) is 61.4 Å². The van der Waals surface area contributed by atoms with Crippen molar-refractivity contribution in [2.75, 3.05) is 55.4 Å². The number of nitrogens with zero attached hydrogens (tertiary/aromatic N) is 4. The molecule has 1 atom stereocenters. The normalized spacial score (nSPS) is 19.9. The zero-order valence-corrected chi connectivity index (χ0v) is 22.2. The maximum absolute atomic E-state index is 6.60. The Kier molecular flexibility index (Phi) is 6.85. The van der Waals surface area contributed by atoms with Crippen LogP contribution in [0.4, 0.5) is 17.3 Å². The molecule has 6 heteroatoms. The number of ether oxygens (including phenoxy) is 1. The summed E-state index contributed by atoms with van der Waals surface area (Å²) in [4.78, 5) is 12.0. The average molecular weight is 466 g/mol. The number of anilines is 3. The largest absolute Gasteiger partial charge is 0.384 e. The molecule has 6 nitrogen and oxygen atoms in total. The molecule has 0 aliphatic carbocycles. The average Bonchev–Trinajstić information content (AvgIpc) is 2.76. The monoisotopic (exact) mass is 465 g/mol. The Morgan fingerprint density at radius 3 is 2.38 bits per heavy atom. The number of hydrogen-bond acceptors (Lipinski definition) is 6. The summed E-state index contributed by atoms with van der Waals surface area (Å²) in [5.41, 5.74) is 11.4. The Labute approximate surface area is 206 Å². The van der Waals surface area contributed by atoms with Gasteiger partial charge in [0, 0.05) is 50.5 Å². The molecule has 3 heterocycles. The molecule has 1 fully saturated rings. The molecule has 4 rings (SSSR count). The second-order valence-corrected chi connectivity index (χ2v) is 11.7. The van der Waals surface area contributed by atoms with E-state index in [-0.39, 0.29) is 17.1 Å². The molecule has 0 radical (unpaired) electrons. The number of aromatic nitrogens is 1. The summed E-state index contributed by atoms with van der Waals surface area (Å²) in [5, 5.41) is 0. The Bertz CT molecular complexity index is 1000. The van der Waals surface area contributed by atoms with Gasteiger partial charge in [-0.15, -0.1) is 0 Å². The van der Waals surface area contributed by atoms with Crippen LogP contribution in [0, 0.1) is 12.3 Å². The number of piperazine rings is 1. The van der Waals surface area contributed by atoms with Gasteiger partial charge in [0.25, 0.3) is 0 Å². The summed E-state index contributed by atoms with van der Waals surface area (Å²) < 4.78 is 6.60. The maximum atomic E-state index is 6.60. The third kappa shape index (κ3) is 5.33. The predicted octanol–water partition coefficient (Wildman–Crippen LogP) is 4.50. The zero-order valence-electron chi connectivity index (χ0n) is 22.2. The minimum Gasteiger partial charge on any atom is -0.384 e. The molecule has 2 aromatic rings. The molecular weight excluding hydrogens is 422 g/mol. The van der Waals surface area contributed by atoms with E-state index >= 15 is 0 Å². The quantitative estimate of drug-likeness (QED) is 0.702. The lowest BCUT2D eigenvalue weighted by Crippen LogP contribution is -2.48. The predicted molar refractivity (Wildman–Crippen MR) is 143 cm³/mol. The molecule has 1 unspecified atom stereocenters. The van der Waals surface area contributed by atoms with Gasteiger partial charge in [-0.2, -0.15) is 0 Å². The molecular formula is C28H43N5O. The molecule has 0 amide bonds. The van der Waals surface area contributed by atoms with E-state index in [2.05, 4.69) is 87.6 Å². The standard InChI is InChI=1S/C28H43N5O/c1-20-8-9-21-15-24(19-34-28(5,6)27(2,3)4)33(18-22(21)14-20)26-17-23(16-25(29)30-26)32-12-10-31(7)11-13-32/h8-9,14,16-17,24H,10-13,15,18-19H2,1-7H3,(H2,29,30). The van der Waals surface area contributed by atoms with Crippen molar-refractivity contribution in [3.63, 3.8) is 0 Å². The van der Waals surface area contributed by atoms with Gasteiger partial charge in [-0.25, -0.2) is 4.98 Å². The number of pyridine rings is 1. The van der Waals surface area contributed by atoms with Crippen LogP contribution in [0.3, 0.4) is 0 Å². The Morgan fingerprint density at radius 1 is 1.00 bits per heavy atom. The summed E-state index contributed by atoms with van der Waals surface area (Å²) in [6, 6.07) is 11.3. The van der Waals surface area contributed by atoms with E-state index in [1.165, 1.54) is 22.4 Å². The highest BCUT2D eigenvalue weighted by atomic mass is 16.5. The van der Waals surface area contributed by atoms with E-state index in [1.807, 2.05) is 6.07 Å². The number of aryl methyl sites for hydroxylation is 1. The number of hydrogen-bond donors (Lipinski definition) is 1. The van der Waals surface area contributed by atoms with E-state index < -0.39 is 0 Å². The van der Waals surface area contributed by atoms with Crippen molar-refractivity contribution in [3.05, 3.63) is 47.0 Å². The van der Waals surface area contributed by atoms with Crippen molar-refractivity contribution in [3.8, 4) is 0 Å². The highest BCUT2D eigenvalue weighted by Gasteiger charge is 2.36. The smallest absolute Gasteiger partial charge is 0.133 e. The number of likely N-dealkylation sites (N-methyl/N-ethyl adjacent to an activating group) is 1. The third-order valence-electron chi connectivity index (χ3n) is 8.02. The molecule has 1 aromatic heterocycles. The van der Waals surface area contributed by atoms with E-state index in [0.717, 1.165) is 45.0 Å². The summed E-state index contributed by atoms with van der Waals surface area (Å²) in [6.07, 6.45) is 0.941. The first-order valence-electron chi connectivity index (χ1n) is 12.6. The van der Waals surface area contributed by atoms with Gasteiger partial charge >= 0.3 is 0 Å². The van der Waals surface area contributed by atoms with Crippen molar-refractivity contribution < 1.29 is 4.74 Å². The van der Waals surface area contributed by atoms with Crippen LogP contribution >= 0.6 is 0 Å². The second kappa shape index (κ2) is 9.38. The molecule has 1 saturated heterocycles. The highest BCUT2D eigenvalue weighted by molar-refractivity contribution is 5.62. The molecule has 0 bridgehead atoms. The minimum absolute atomic E-state index is 0.0472. The van der Waals surface area contributed by atoms with Crippen molar-refractivity contribution in [2.45, 2.75) is 66.2 Å². The molecule has 2 N–H and O–H groups in total. The van der Waals surface area contributed by atoms with Crippen LogP contribution in [-0.2, 0) is 17.7 Å². The molecule has 0 saturated carbocycles. The number of rotatable bonds is 5. The van der Waals surface area contributed by atoms with Crippen LogP contribution in [0.1, 0.15) is 51.3 Å². The summed E-state index contributed by atoms with van der Waals surface area (Å²) >= 11 is 0. The molecule has 2 aliphatic rings. The third-order valence-corrected chi connectivity index (χ3v) is 8.02. The molecule has 34 heavy (non-hydrogen) atoms. The number of nitrogens with two attached hydrogens (primary N) is 1. The molecule has 2 aliphatic heterocycles. The second-order valence-electron chi connectivity index (χ2n) is 11.7. The van der Waals surface area contributed by atoms with Gasteiger partial charge in [0.05, 0.1) is 18.2 Å². The van der Waals surface area contributed by atoms with Gasteiger partial charge in [-0.1, -0.05) is 44.5 Å². The summed E-state index contributed by atoms with van der Waals surface area (Å²) in [5.74, 6) is 1.53.